The molecule has 0 amide bonds. The number of esters is 1. The second-order valence-corrected chi connectivity index (χ2v) is 16.0. The largest absolute Gasteiger partial charge is 0.457 e. The van der Waals surface area contributed by atoms with Crippen LogP contribution in [0.5, 0.6) is 0 Å². The molecule has 0 radical (unpaired) electrons. The highest BCUT2D eigenvalue weighted by Crippen LogP contribution is 2.26. The molecule has 13 heteroatoms. The maximum atomic E-state index is 12.5. The molecule has 0 aliphatic carbocycles. The number of carbonyl (C=O) groups is 1. The van der Waals surface area contributed by atoms with Crippen molar-refractivity contribution in [1.82, 2.24) is 0 Å². The van der Waals surface area contributed by atoms with Crippen LogP contribution in [-0.2, 0) is 38.3 Å². The number of hydrogen-bond donors (Lipinski definition) is 4. The summed E-state index contributed by atoms with van der Waals surface area (Å²) < 4.78 is 58.5. The van der Waals surface area contributed by atoms with Gasteiger partial charge in [-0.3, -0.25) is 9.35 Å². The van der Waals surface area contributed by atoms with Gasteiger partial charge in [-0.05, 0) is 44.9 Å². The summed E-state index contributed by atoms with van der Waals surface area (Å²) in [6.45, 7) is 3.83. The van der Waals surface area contributed by atoms with E-state index in [2.05, 4.69) is 42.3 Å². The minimum Gasteiger partial charge on any atom is -0.457 e. The van der Waals surface area contributed by atoms with E-state index < -0.39 is 59.8 Å². The Bertz CT molecular complexity index is 1070. The summed E-state index contributed by atoms with van der Waals surface area (Å²) in [6.07, 6.45) is 28.7. The van der Waals surface area contributed by atoms with Crippen molar-refractivity contribution in [1.29, 1.82) is 0 Å². The minimum absolute atomic E-state index is 0.0359. The lowest BCUT2D eigenvalue weighted by molar-refractivity contribution is -0.301. The first-order chi connectivity index (χ1) is 26.6. The first kappa shape index (κ1) is 51.6. The van der Waals surface area contributed by atoms with Gasteiger partial charge in [0, 0.05) is 13.0 Å². The van der Waals surface area contributed by atoms with E-state index in [0.717, 1.165) is 44.9 Å². The molecule has 1 aliphatic heterocycles. The van der Waals surface area contributed by atoms with Crippen molar-refractivity contribution in [2.24, 2.45) is 0 Å². The lowest BCUT2D eigenvalue weighted by atomic mass is 9.99. The van der Waals surface area contributed by atoms with Gasteiger partial charge in [-0.25, -0.2) is 4.18 Å². The number of unbranched alkanes of at least 4 members (excludes halogenated alkanes) is 20. The van der Waals surface area contributed by atoms with Gasteiger partial charge in [-0.2, -0.15) is 8.42 Å². The molecule has 0 aromatic heterocycles. The van der Waals surface area contributed by atoms with E-state index in [1.54, 1.807) is 0 Å². The molecule has 1 fully saturated rings. The molecule has 55 heavy (non-hydrogen) atoms. The minimum atomic E-state index is -5.05. The number of hydrogen-bond acceptors (Lipinski definition) is 11. The first-order valence-electron chi connectivity index (χ1n) is 21.6. The standard InChI is InChI=1S/C42H78O12S/c1-3-5-7-9-10-11-12-13-14-15-16-17-18-19-20-21-22-23-24-25-26-27-28-30-32-50-34-36(52-38(44)31-29-8-6-4-2)35-51-42-40(46)41(54-55(47,48)49)39(45)37(33-43)53-42/h12-13,15-16,36-37,39-43,45-46H,3-11,14,17-35H2,1-2H3,(H,47,48,49)/b13-12-,16-15-. The lowest BCUT2D eigenvalue weighted by Gasteiger charge is -2.41. The van der Waals surface area contributed by atoms with Crippen molar-refractivity contribution < 1.29 is 56.2 Å². The van der Waals surface area contributed by atoms with Crippen LogP contribution < -0.4 is 0 Å². The van der Waals surface area contributed by atoms with Gasteiger partial charge in [0.15, 0.2) is 6.29 Å². The van der Waals surface area contributed by atoms with Gasteiger partial charge in [0.05, 0.1) is 19.8 Å². The van der Waals surface area contributed by atoms with E-state index >= 15 is 0 Å². The van der Waals surface area contributed by atoms with Crippen LogP contribution in [0.4, 0.5) is 0 Å². The zero-order valence-corrected chi connectivity index (χ0v) is 35.1. The van der Waals surface area contributed by atoms with Gasteiger partial charge < -0.3 is 34.3 Å². The zero-order valence-electron chi connectivity index (χ0n) is 34.2. The quantitative estimate of drug-likeness (QED) is 0.0204. The Hall–Kier alpha value is -1.42. The Kier molecular flexibility index (Phi) is 32.5. The Labute approximate surface area is 333 Å². The molecule has 6 unspecified atom stereocenters. The summed E-state index contributed by atoms with van der Waals surface area (Å²) in [6, 6.07) is 0. The Morgan fingerprint density at radius 1 is 0.691 bits per heavy atom. The fourth-order valence-corrected chi connectivity index (χ4v) is 7.03. The third-order valence-electron chi connectivity index (χ3n) is 9.83. The van der Waals surface area contributed by atoms with Gasteiger partial charge in [0.25, 0.3) is 0 Å². The van der Waals surface area contributed by atoms with Crippen LogP contribution in [0.1, 0.15) is 174 Å². The third kappa shape index (κ3) is 28.6. The normalized spacial score (nSPS) is 21.2. The lowest BCUT2D eigenvalue weighted by Crippen LogP contribution is -2.60. The van der Waals surface area contributed by atoms with Crippen LogP contribution in [0, 0.1) is 0 Å². The third-order valence-corrected chi connectivity index (χ3v) is 10.3. The van der Waals surface area contributed by atoms with Crippen molar-refractivity contribution in [2.45, 2.75) is 211 Å². The molecule has 6 atom stereocenters. The van der Waals surface area contributed by atoms with Gasteiger partial charge in [-0.15, -0.1) is 0 Å². The van der Waals surface area contributed by atoms with Crippen LogP contribution >= 0.6 is 0 Å². The molecule has 324 valence electrons. The summed E-state index contributed by atoms with van der Waals surface area (Å²) in [4.78, 5) is 12.5. The van der Waals surface area contributed by atoms with Gasteiger partial charge in [-0.1, -0.05) is 147 Å². The average Bonchev–Trinajstić information content (AvgIpc) is 3.15. The van der Waals surface area contributed by atoms with Crippen molar-refractivity contribution >= 4 is 16.4 Å². The van der Waals surface area contributed by atoms with E-state index in [1.807, 2.05) is 0 Å². The van der Waals surface area contributed by atoms with Crippen LogP contribution in [0.2, 0.25) is 0 Å². The summed E-state index contributed by atoms with van der Waals surface area (Å²) in [5, 5.41) is 30.4. The highest BCUT2D eigenvalue weighted by atomic mass is 32.3. The number of allylic oxidation sites excluding steroid dienone is 4. The predicted octanol–water partition coefficient (Wildman–Crippen LogP) is 8.46. The van der Waals surface area contributed by atoms with Gasteiger partial charge in [0.1, 0.15) is 30.5 Å². The van der Waals surface area contributed by atoms with Crippen LogP contribution in [0.15, 0.2) is 24.3 Å². The number of carbonyl (C=O) groups excluding carboxylic acids is 1. The molecular formula is C42H78O12S. The molecule has 1 aliphatic rings. The van der Waals surface area contributed by atoms with Gasteiger partial charge >= 0.3 is 16.4 Å². The highest BCUT2D eigenvalue weighted by Gasteiger charge is 2.48. The molecule has 0 aromatic carbocycles. The Morgan fingerprint density at radius 2 is 1.20 bits per heavy atom. The molecule has 4 N–H and O–H groups in total. The molecule has 0 spiro atoms. The maximum absolute atomic E-state index is 12.5. The fourth-order valence-electron chi connectivity index (χ4n) is 6.53. The molecule has 1 rings (SSSR count). The summed E-state index contributed by atoms with van der Waals surface area (Å²) in [7, 11) is -5.05. The molecular weight excluding hydrogens is 729 g/mol. The van der Waals surface area contributed by atoms with Crippen LogP contribution in [-0.4, -0.2) is 97.5 Å². The molecule has 12 nitrogen and oxygen atoms in total. The summed E-state index contributed by atoms with van der Waals surface area (Å²) in [5.41, 5.74) is 0. The molecule has 0 saturated carbocycles. The Morgan fingerprint density at radius 3 is 1.73 bits per heavy atom. The highest BCUT2D eigenvalue weighted by molar-refractivity contribution is 7.80. The van der Waals surface area contributed by atoms with Crippen LogP contribution in [0.3, 0.4) is 0 Å². The smallest absolute Gasteiger partial charge is 0.397 e. The number of aliphatic hydroxyl groups is 3. The summed E-state index contributed by atoms with van der Waals surface area (Å²) >= 11 is 0. The predicted molar refractivity (Wildman–Crippen MR) is 216 cm³/mol. The van der Waals surface area contributed by atoms with Crippen molar-refractivity contribution in [3.63, 3.8) is 0 Å². The van der Waals surface area contributed by atoms with Crippen molar-refractivity contribution in [3.8, 4) is 0 Å². The SMILES string of the molecule is CCCCCCC/C=C\C/C=C\CCCCCCCCCCCCCCOCC(COC1OC(CO)C(O)C(OS(=O)(=O)O)C1O)OC(=O)CCCCCC. The fraction of sp³-hybridized carbons (Fsp3) is 0.881. The van der Waals surface area contributed by atoms with Crippen LogP contribution in [0.25, 0.3) is 0 Å². The summed E-state index contributed by atoms with van der Waals surface area (Å²) in [5.74, 6) is -0.417. The molecule has 1 heterocycles. The van der Waals surface area contributed by atoms with Gasteiger partial charge in [0.2, 0.25) is 0 Å². The maximum Gasteiger partial charge on any atom is 0.397 e. The van der Waals surface area contributed by atoms with E-state index in [9.17, 15) is 28.5 Å². The van der Waals surface area contributed by atoms with E-state index in [0.29, 0.717) is 13.0 Å². The van der Waals surface area contributed by atoms with E-state index in [4.69, 9.17) is 23.5 Å². The molecule has 1 saturated heterocycles. The second-order valence-electron chi connectivity index (χ2n) is 14.9. The number of ether oxygens (including phenoxy) is 4. The molecule has 0 bridgehead atoms. The second kappa shape index (κ2) is 34.6. The zero-order chi connectivity index (χ0) is 40.4. The Balaban J connectivity index is 2.21. The van der Waals surface area contributed by atoms with E-state index in [1.165, 1.54) is 103 Å². The average molecular weight is 807 g/mol. The van der Waals surface area contributed by atoms with E-state index in [-0.39, 0.29) is 19.6 Å². The topological polar surface area (TPSA) is 178 Å². The molecule has 0 aromatic rings. The number of rotatable bonds is 37. The monoisotopic (exact) mass is 807 g/mol. The first-order valence-corrected chi connectivity index (χ1v) is 23.0. The van der Waals surface area contributed by atoms with Crippen molar-refractivity contribution in [3.05, 3.63) is 24.3 Å². The number of aliphatic hydroxyl groups excluding tert-OH is 3. The van der Waals surface area contributed by atoms with Crippen molar-refractivity contribution in [2.75, 3.05) is 26.4 Å².